The Labute approximate surface area is 477 Å². The molecular weight excluding hydrogens is 1070 g/mol. The number of hydrogen-bond donors (Lipinski definition) is 6. The molecule has 0 saturated heterocycles. The van der Waals surface area contributed by atoms with Crippen molar-refractivity contribution in [2.75, 3.05) is 5.48 Å². The molecule has 11 aromatic carbocycles. The van der Waals surface area contributed by atoms with Crippen LogP contribution in [0.1, 0.15) is 52.0 Å². The van der Waals surface area contributed by atoms with Crippen molar-refractivity contribution in [3.63, 3.8) is 0 Å². The highest BCUT2D eigenvalue weighted by Gasteiger charge is 2.28. The molecule has 398 valence electrons. The minimum absolute atomic E-state index is 0.0100. The average molecular weight is 1110 g/mol. The smallest absolute Gasteiger partial charge is 0.222 e. The van der Waals surface area contributed by atoms with Crippen molar-refractivity contribution in [2.24, 2.45) is 25.4 Å². The lowest BCUT2D eigenvalue weighted by Crippen LogP contribution is -2.09. The molecule has 0 amide bonds. The van der Waals surface area contributed by atoms with E-state index in [1.807, 2.05) is 153 Å². The van der Waals surface area contributed by atoms with Gasteiger partial charge in [-0.05, 0) is 125 Å². The van der Waals surface area contributed by atoms with Crippen LogP contribution in [0.2, 0.25) is 10.0 Å². The van der Waals surface area contributed by atoms with Gasteiger partial charge in [0.2, 0.25) is 5.90 Å². The van der Waals surface area contributed by atoms with Crippen LogP contribution in [0.3, 0.4) is 0 Å². The summed E-state index contributed by atoms with van der Waals surface area (Å²) < 4.78 is 0. The Bertz CT molecular complexity index is 4990. The summed E-state index contributed by atoms with van der Waals surface area (Å²) in [6.45, 7) is 4.10. The maximum atomic E-state index is 14.8. The number of aromatic nitrogens is 2. The van der Waals surface area contributed by atoms with Crippen molar-refractivity contribution in [1.29, 1.82) is 0 Å². The number of benzene rings is 11. The van der Waals surface area contributed by atoms with Crippen LogP contribution in [0.15, 0.2) is 195 Å². The van der Waals surface area contributed by atoms with E-state index in [0.29, 0.717) is 88.2 Å². The lowest BCUT2D eigenvalue weighted by molar-refractivity contribution is 0.104. The quantitative estimate of drug-likeness (QED) is 0.0305. The Kier molecular flexibility index (Phi) is 12.3. The van der Waals surface area contributed by atoms with Crippen LogP contribution in [-0.4, -0.2) is 37.0 Å². The fourth-order valence-electron chi connectivity index (χ4n) is 11.6. The number of H-pyrrole nitrogens is 2. The molecule has 82 heavy (non-hydrogen) atoms. The number of aryl methyl sites for hydroxylation is 2. The summed E-state index contributed by atoms with van der Waals surface area (Å²) in [5, 5.41) is 64.0. The number of fused-ring (bicyclic) bond motifs is 12. The number of carbonyl (C=O) groups is 1. The lowest BCUT2D eigenvalue weighted by Gasteiger charge is -2.20. The molecule has 6 N–H and O–H groups in total. The third kappa shape index (κ3) is 8.35. The number of aliphatic hydroxyl groups is 1. The van der Waals surface area contributed by atoms with Gasteiger partial charge in [0.05, 0.1) is 39.3 Å². The molecule has 15 heteroatoms. The number of halogens is 2. The molecule has 13 nitrogen and oxygen atoms in total. The van der Waals surface area contributed by atoms with Crippen molar-refractivity contribution in [2.45, 2.75) is 33.3 Å². The summed E-state index contributed by atoms with van der Waals surface area (Å²) in [6, 6.07) is 52.7. The number of ketones is 1. The Balaban J connectivity index is 0.852. The molecule has 0 aliphatic heterocycles. The van der Waals surface area contributed by atoms with E-state index in [4.69, 9.17) is 48.5 Å². The van der Waals surface area contributed by atoms with Gasteiger partial charge in [-0.15, -0.1) is 15.3 Å². The number of nitrogens with one attached hydrogen (secondary N) is 3. The van der Waals surface area contributed by atoms with Gasteiger partial charge < -0.3 is 25.3 Å². The maximum absolute atomic E-state index is 14.8. The first-order chi connectivity index (χ1) is 40.0. The molecule has 13 aromatic rings. The fraction of sp³-hybridized carbons (Fsp3) is 0.0746. The first kappa shape index (κ1) is 50.3. The second-order valence-electron chi connectivity index (χ2n) is 20.3. The predicted octanol–water partition coefficient (Wildman–Crippen LogP) is 19.5. The Morgan fingerprint density at radius 2 is 1.17 bits per heavy atom. The third-order valence-electron chi connectivity index (χ3n) is 15.6. The van der Waals surface area contributed by atoms with Gasteiger partial charge >= 0.3 is 0 Å². The zero-order valence-electron chi connectivity index (χ0n) is 43.9. The number of rotatable bonds is 12. The van der Waals surface area contributed by atoms with E-state index >= 15 is 0 Å². The molecule has 0 bridgehead atoms. The number of aliphatic imine (C=N–C) groups is 1. The number of phenols is 2. The molecule has 2 aromatic heterocycles. The summed E-state index contributed by atoms with van der Waals surface area (Å²) in [6.07, 6.45) is 1.50. The van der Waals surface area contributed by atoms with Gasteiger partial charge in [-0.2, -0.15) is 5.11 Å². The van der Waals surface area contributed by atoms with E-state index in [9.17, 15) is 20.1 Å². The summed E-state index contributed by atoms with van der Waals surface area (Å²) >= 11 is 13.0. The number of aromatic hydroxyl groups is 2. The van der Waals surface area contributed by atoms with E-state index in [-0.39, 0.29) is 46.7 Å². The van der Waals surface area contributed by atoms with E-state index in [1.165, 1.54) is 0 Å². The van der Waals surface area contributed by atoms with Crippen LogP contribution < -0.4 is 5.48 Å². The van der Waals surface area contributed by atoms with Crippen molar-refractivity contribution < 1.29 is 25.0 Å². The molecule has 2 heterocycles. The SMILES string of the molecule is CCc1ccccc1N=C(O)c1cc2ccc3c4cc(Cl)ccc4[nH]c3c2c(N=Nc2ccc3c4c(cccc24)C(=O)c2cc(N=Nc4c(O)c(CONc5ccccc5CC)cc5ccc6c7cc(Cl)ccc7[nH]c6c45)ccc2-3)c1O. The summed E-state index contributed by atoms with van der Waals surface area (Å²) in [4.78, 5) is 32.4. The molecule has 1 aliphatic rings. The third-order valence-corrected chi connectivity index (χ3v) is 16.1. The molecule has 0 fully saturated rings. The predicted molar refractivity (Wildman–Crippen MR) is 330 cm³/mol. The minimum atomic E-state index is -0.384. The number of azo groups is 2. The molecule has 0 saturated carbocycles. The second-order valence-corrected chi connectivity index (χ2v) is 21.2. The number of nitrogens with zero attached hydrogens (tertiary/aromatic N) is 5. The Morgan fingerprint density at radius 1 is 0.524 bits per heavy atom. The molecule has 0 radical (unpaired) electrons. The van der Waals surface area contributed by atoms with Crippen molar-refractivity contribution in [3.8, 4) is 22.6 Å². The Morgan fingerprint density at radius 3 is 1.89 bits per heavy atom. The maximum Gasteiger partial charge on any atom is 0.222 e. The van der Waals surface area contributed by atoms with Gasteiger partial charge in [-0.25, -0.2) is 4.99 Å². The number of carbonyl (C=O) groups excluding carboxylic acids is 1. The van der Waals surface area contributed by atoms with E-state index < -0.39 is 0 Å². The Hall–Kier alpha value is -9.92. The van der Waals surface area contributed by atoms with Crippen LogP contribution in [0.5, 0.6) is 11.5 Å². The van der Waals surface area contributed by atoms with E-state index in [2.05, 4.69) is 27.4 Å². The standard InChI is InChI=1S/C67H46Cl2N8O5/c1-3-34-10-5-7-14-52(34)72-67(81)51-29-37-17-22-45-49-31-40(69)19-26-55(49)71-61(45)58(37)63(66(51)80)76-74-56-27-24-43-42-23-20-41(32-50(42)65(79)47-13-9-12-46(56)59(43)47)73-75-62-57-36(16-21-44-48-30-39(68)18-25-54(48)70-60(44)57)28-38(64(62)78)33-82-77-53-15-8-6-11-35(53)4-2/h5-32,70-71,77-78,80H,3-4,33H2,1-2H3,(H,72,81). The molecular formula is C67H46Cl2N8O5. The van der Waals surface area contributed by atoms with Gasteiger partial charge in [0.15, 0.2) is 11.5 Å². The molecule has 1 aliphatic carbocycles. The topological polar surface area (TPSA) is 192 Å². The monoisotopic (exact) mass is 1110 g/mol. The fourth-order valence-corrected chi connectivity index (χ4v) is 12.0. The highest BCUT2D eigenvalue weighted by atomic mass is 35.5. The van der Waals surface area contributed by atoms with Crippen molar-refractivity contribution in [1.82, 2.24) is 9.97 Å². The van der Waals surface area contributed by atoms with Crippen molar-refractivity contribution >= 4 is 145 Å². The van der Waals surface area contributed by atoms with Gasteiger partial charge in [-0.3, -0.25) is 15.1 Å². The normalized spacial score (nSPS) is 12.7. The molecule has 0 atom stereocenters. The second kappa shape index (κ2) is 20.0. The van der Waals surface area contributed by atoms with Gasteiger partial charge in [0, 0.05) is 80.9 Å². The van der Waals surface area contributed by atoms with Crippen LogP contribution in [0, 0.1) is 0 Å². The minimum Gasteiger partial charge on any atom is -0.505 e. The summed E-state index contributed by atoms with van der Waals surface area (Å²) in [5.74, 6) is -1.04. The first-order valence-corrected chi connectivity index (χ1v) is 27.5. The van der Waals surface area contributed by atoms with Crippen LogP contribution in [-0.2, 0) is 24.3 Å². The highest BCUT2D eigenvalue weighted by Crippen LogP contribution is 2.49. The summed E-state index contributed by atoms with van der Waals surface area (Å²) in [7, 11) is 0. The van der Waals surface area contributed by atoms with Gasteiger partial charge in [0.1, 0.15) is 23.7 Å². The number of aromatic amines is 2. The van der Waals surface area contributed by atoms with E-state index in [0.717, 1.165) is 72.3 Å². The van der Waals surface area contributed by atoms with E-state index in [1.54, 1.807) is 24.3 Å². The highest BCUT2D eigenvalue weighted by molar-refractivity contribution is 6.33. The number of phenolic OH excluding ortho intramolecular Hbond substituents is 2. The average Bonchev–Trinajstić information content (AvgIpc) is 2.21. The summed E-state index contributed by atoms with van der Waals surface area (Å²) in [5.41, 5.74) is 13.7. The largest absolute Gasteiger partial charge is 0.505 e. The zero-order valence-corrected chi connectivity index (χ0v) is 45.4. The molecule has 0 unspecified atom stereocenters. The number of aliphatic hydroxyl groups excluding tert-OH is 1. The van der Waals surface area contributed by atoms with Crippen LogP contribution >= 0.6 is 23.2 Å². The van der Waals surface area contributed by atoms with Crippen molar-refractivity contribution in [3.05, 3.63) is 213 Å². The molecule has 0 spiro atoms. The lowest BCUT2D eigenvalue weighted by atomic mass is 9.82. The van der Waals surface area contributed by atoms with Crippen LogP contribution in [0.25, 0.3) is 87.1 Å². The first-order valence-electron chi connectivity index (χ1n) is 26.7. The number of anilines is 1. The van der Waals surface area contributed by atoms with Crippen LogP contribution in [0.4, 0.5) is 34.1 Å². The zero-order chi connectivity index (χ0) is 55.9. The van der Waals surface area contributed by atoms with Gasteiger partial charge in [-0.1, -0.05) is 128 Å². The molecule has 14 rings (SSSR count). The number of para-hydroxylation sites is 2. The van der Waals surface area contributed by atoms with Gasteiger partial charge in [0.25, 0.3) is 0 Å². The number of hydrogen-bond acceptors (Lipinski definition) is 10.